The summed E-state index contributed by atoms with van der Waals surface area (Å²) in [5.74, 6) is 0.375. The molecule has 1 aliphatic rings. The van der Waals surface area contributed by atoms with Gasteiger partial charge in [0.2, 0.25) is 0 Å². The number of esters is 1. The van der Waals surface area contributed by atoms with E-state index in [0.717, 1.165) is 26.1 Å². The van der Waals surface area contributed by atoms with Crippen LogP contribution >= 0.6 is 11.8 Å². The highest BCUT2D eigenvalue weighted by Crippen LogP contribution is 2.21. The first kappa shape index (κ1) is 11.9. The van der Waals surface area contributed by atoms with E-state index in [1.165, 1.54) is 0 Å². The van der Waals surface area contributed by atoms with Crippen molar-refractivity contribution in [2.24, 2.45) is 0 Å². The van der Waals surface area contributed by atoms with Crippen molar-refractivity contribution in [3.8, 4) is 0 Å². The van der Waals surface area contributed by atoms with Gasteiger partial charge < -0.3 is 9.47 Å². The standard InChI is InChI=1S/C10H18O3S/c1-8(2)13-10(11)7-14-9-3-5-12-6-4-9/h8-9H,3-7H2,1-2H3. The maximum atomic E-state index is 11.2. The van der Waals surface area contributed by atoms with Gasteiger partial charge in [0, 0.05) is 18.5 Å². The van der Waals surface area contributed by atoms with E-state index in [0.29, 0.717) is 11.0 Å². The van der Waals surface area contributed by atoms with Crippen molar-refractivity contribution < 1.29 is 14.3 Å². The molecule has 0 aliphatic carbocycles. The van der Waals surface area contributed by atoms with Crippen LogP contribution in [0, 0.1) is 0 Å². The third-order valence-electron chi connectivity index (χ3n) is 1.97. The highest BCUT2D eigenvalue weighted by Gasteiger charge is 2.16. The molecular formula is C10H18O3S. The first-order chi connectivity index (χ1) is 6.68. The molecule has 0 spiro atoms. The monoisotopic (exact) mass is 218 g/mol. The highest BCUT2D eigenvalue weighted by molar-refractivity contribution is 8.00. The molecule has 0 bridgehead atoms. The fraction of sp³-hybridized carbons (Fsp3) is 0.900. The Kier molecular flexibility index (Phi) is 5.33. The van der Waals surface area contributed by atoms with Gasteiger partial charge in [0.1, 0.15) is 0 Å². The molecule has 1 saturated heterocycles. The Morgan fingerprint density at radius 2 is 2.14 bits per heavy atom. The van der Waals surface area contributed by atoms with Crippen LogP contribution in [0.1, 0.15) is 26.7 Å². The molecule has 0 aromatic rings. The van der Waals surface area contributed by atoms with Gasteiger partial charge in [-0.25, -0.2) is 0 Å². The Bertz CT molecular complexity index is 176. The average Bonchev–Trinajstić information content (AvgIpc) is 2.15. The third kappa shape index (κ3) is 4.86. The van der Waals surface area contributed by atoms with E-state index in [2.05, 4.69) is 0 Å². The summed E-state index contributed by atoms with van der Waals surface area (Å²) in [6.07, 6.45) is 2.11. The van der Waals surface area contributed by atoms with E-state index in [4.69, 9.17) is 9.47 Å². The molecule has 0 unspecified atom stereocenters. The zero-order valence-corrected chi connectivity index (χ0v) is 9.64. The number of ether oxygens (including phenoxy) is 2. The first-order valence-electron chi connectivity index (χ1n) is 5.07. The van der Waals surface area contributed by atoms with Gasteiger partial charge in [-0.1, -0.05) is 0 Å². The van der Waals surface area contributed by atoms with Crippen molar-refractivity contribution in [2.75, 3.05) is 19.0 Å². The molecular weight excluding hydrogens is 200 g/mol. The van der Waals surface area contributed by atoms with Crippen LogP contribution in [0.3, 0.4) is 0 Å². The molecule has 0 saturated carbocycles. The number of hydrogen-bond acceptors (Lipinski definition) is 4. The van der Waals surface area contributed by atoms with Gasteiger partial charge in [-0.15, -0.1) is 11.8 Å². The summed E-state index contributed by atoms with van der Waals surface area (Å²) in [6.45, 7) is 5.40. The molecule has 0 aromatic carbocycles. The van der Waals surface area contributed by atoms with Gasteiger partial charge in [-0.05, 0) is 26.7 Å². The third-order valence-corrected chi connectivity index (χ3v) is 3.32. The summed E-state index contributed by atoms with van der Waals surface area (Å²) in [5, 5.41) is 0.573. The minimum atomic E-state index is -0.100. The van der Waals surface area contributed by atoms with E-state index in [1.54, 1.807) is 11.8 Å². The predicted molar refractivity (Wildman–Crippen MR) is 57.5 cm³/mol. The first-order valence-corrected chi connectivity index (χ1v) is 6.12. The largest absolute Gasteiger partial charge is 0.462 e. The number of carbonyl (C=O) groups excluding carboxylic acids is 1. The highest BCUT2D eigenvalue weighted by atomic mass is 32.2. The second-order valence-electron chi connectivity index (χ2n) is 3.66. The molecule has 3 nitrogen and oxygen atoms in total. The second kappa shape index (κ2) is 6.30. The number of hydrogen-bond donors (Lipinski definition) is 0. The van der Waals surface area contributed by atoms with Crippen molar-refractivity contribution in [1.29, 1.82) is 0 Å². The van der Waals surface area contributed by atoms with Gasteiger partial charge in [0.25, 0.3) is 0 Å². The van der Waals surface area contributed by atoms with Crippen LogP contribution in [0.4, 0.5) is 0 Å². The van der Waals surface area contributed by atoms with Crippen LogP contribution in [-0.2, 0) is 14.3 Å². The normalized spacial score (nSPS) is 18.5. The zero-order valence-electron chi connectivity index (χ0n) is 8.82. The zero-order chi connectivity index (χ0) is 10.4. The van der Waals surface area contributed by atoms with Crippen LogP contribution in [0.5, 0.6) is 0 Å². The summed E-state index contributed by atoms with van der Waals surface area (Å²) in [6, 6.07) is 0. The van der Waals surface area contributed by atoms with E-state index in [1.807, 2.05) is 13.8 Å². The average molecular weight is 218 g/mol. The van der Waals surface area contributed by atoms with Crippen LogP contribution in [-0.4, -0.2) is 36.3 Å². The Morgan fingerprint density at radius 3 is 2.71 bits per heavy atom. The summed E-state index contributed by atoms with van der Waals surface area (Å²) >= 11 is 1.69. The molecule has 0 amide bonds. The Labute approximate surface area is 89.5 Å². The topological polar surface area (TPSA) is 35.5 Å². The molecule has 82 valence electrons. The summed E-state index contributed by atoms with van der Waals surface area (Å²) < 4.78 is 10.3. The molecule has 0 radical (unpaired) electrons. The molecule has 14 heavy (non-hydrogen) atoms. The summed E-state index contributed by atoms with van der Waals surface area (Å²) in [5.41, 5.74) is 0. The quantitative estimate of drug-likeness (QED) is 0.675. The van der Waals surface area contributed by atoms with Crippen molar-refractivity contribution in [1.82, 2.24) is 0 Å². The summed E-state index contributed by atoms with van der Waals surface area (Å²) in [4.78, 5) is 11.2. The van der Waals surface area contributed by atoms with Crippen LogP contribution in [0.25, 0.3) is 0 Å². The molecule has 1 heterocycles. The summed E-state index contributed by atoms with van der Waals surface area (Å²) in [7, 11) is 0. The Balaban J connectivity index is 2.09. The molecule has 0 aromatic heterocycles. The lowest BCUT2D eigenvalue weighted by atomic mass is 10.2. The molecule has 0 atom stereocenters. The van der Waals surface area contributed by atoms with E-state index in [9.17, 15) is 4.79 Å². The number of rotatable bonds is 4. The van der Waals surface area contributed by atoms with Gasteiger partial charge in [-0.2, -0.15) is 0 Å². The SMILES string of the molecule is CC(C)OC(=O)CSC1CCOCC1. The lowest BCUT2D eigenvalue weighted by molar-refractivity contribution is -0.144. The fourth-order valence-corrected chi connectivity index (χ4v) is 2.29. The van der Waals surface area contributed by atoms with E-state index in [-0.39, 0.29) is 12.1 Å². The maximum absolute atomic E-state index is 11.2. The fourth-order valence-electron chi connectivity index (χ4n) is 1.33. The molecule has 1 aliphatic heterocycles. The maximum Gasteiger partial charge on any atom is 0.316 e. The van der Waals surface area contributed by atoms with E-state index < -0.39 is 0 Å². The van der Waals surface area contributed by atoms with Crippen molar-refractivity contribution in [3.63, 3.8) is 0 Å². The molecule has 1 rings (SSSR count). The second-order valence-corrected chi connectivity index (χ2v) is 4.95. The number of carbonyl (C=O) groups is 1. The Hall–Kier alpha value is -0.220. The minimum absolute atomic E-state index is 0.00205. The molecule has 0 N–H and O–H groups in total. The van der Waals surface area contributed by atoms with Gasteiger partial charge >= 0.3 is 5.97 Å². The Morgan fingerprint density at radius 1 is 1.50 bits per heavy atom. The molecule has 1 fully saturated rings. The van der Waals surface area contributed by atoms with Crippen LogP contribution < -0.4 is 0 Å². The van der Waals surface area contributed by atoms with Crippen LogP contribution in [0.15, 0.2) is 0 Å². The van der Waals surface area contributed by atoms with Crippen molar-refractivity contribution >= 4 is 17.7 Å². The van der Waals surface area contributed by atoms with Gasteiger partial charge in [-0.3, -0.25) is 4.79 Å². The van der Waals surface area contributed by atoms with Crippen molar-refractivity contribution in [2.45, 2.75) is 38.0 Å². The lowest BCUT2D eigenvalue weighted by Crippen LogP contribution is -2.20. The molecule has 4 heteroatoms. The van der Waals surface area contributed by atoms with Crippen molar-refractivity contribution in [3.05, 3.63) is 0 Å². The number of thioether (sulfide) groups is 1. The minimum Gasteiger partial charge on any atom is -0.462 e. The lowest BCUT2D eigenvalue weighted by Gasteiger charge is -2.21. The van der Waals surface area contributed by atoms with Crippen LogP contribution in [0.2, 0.25) is 0 Å². The smallest absolute Gasteiger partial charge is 0.316 e. The van der Waals surface area contributed by atoms with Gasteiger partial charge in [0.15, 0.2) is 0 Å². The predicted octanol–water partition coefficient (Wildman–Crippen LogP) is 1.85. The van der Waals surface area contributed by atoms with E-state index >= 15 is 0 Å². The van der Waals surface area contributed by atoms with Gasteiger partial charge in [0.05, 0.1) is 11.9 Å².